The third-order valence-corrected chi connectivity index (χ3v) is 4.43. The third-order valence-electron chi connectivity index (χ3n) is 3.35. The molecule has 2 heterocycles. The molecule has 0 amide bonds. The topological polar surface area (TPSA) is 88.0 Å². The molecule has 1 aromatic carbocycles. The van der Waals surface area contributed by atoms with Gasteiger partial charge in [0.1, 0.15) is 5.01 Å². The average molecular weight is 303 g/mol. The first-order valence-corrected chi connectivity index (χ1v) is 7.19. The number of imidazole rings is 1. The molecule has 0 spiro atoms. The van der Waals surface area contributed by atoms with Crippen molar-refractivity contribution in [2.45, 2.75) is 19.9 Å². The highest BCUT2D eigenvalue weighted by molar-refractivity contribution is 7.11. The molecule has 0 radical (unpaired) electrons. The number of carboxylic acid groups (broad SMARTS) is 1. The maximum Gasteiger partial charge on any atom is 0.337 e. The molecular weight excluding hydrogens is 290 g/mol. The fraction of sp³-hybridized carbons (Fsp3) is 0.214. The highest BCUT2D eigenvalue weighted by Crippen LogP contribution is 2.26. The predicted molar refractivity (Wildman–Crippen MR) is 80.2 cm³/mol. The number of H-pyrrole nitrogens is 1. The molecule has 1 unspecified atom stereocenters. The summed E-state index contributed by atoms with van der Waals surface area (Å²) in [5, 5.41) is 10.1. The van der Waals surface area contributed by atoms with Crippen molar-refractivity contribution >= 4 is 28.3 Å². The van der Waals surface area contributed by atoms with E-state index >= 15 is 0 Å². The molecule has 3 aromatic rings. The van der Waals surface area contributed by atoms with Crippen LogP contribution < -0.4 is 5.69 Å². The van der Waals surface area contributed by atoms with Gasteiger partial charge in [-0.2, -0.15) is 0 Å². The van der Waals surface area contributed by atoms with Crippen LogP contribution in [0.3, 0.4) is 0 Å². The van der Waals surface area contributed by atoms with Gasteiger partial charge in [-0.25, -0.2) is 14.6 Å². The molecular formula is C14H13N3O3S. The number of para-hydroxylation sites is 1. The largest absolute Gasteiger partial charge is 0.478 e. The number of aromatic amines is 1. The van der Waals surface area contributed by atoms with Gasteiger partial charge in [0.05, 0.1) is 22.6 Å². The van der Waals surface area contributed by atoms with Crippen LogP contribution in [0.25, 0.3) is 11.0 Å². The number of fused-ring (bicyclic) bond motifs is 1. The van der Waals surface area contributed by atoms with Gasteiger partial charge in [0, 0.05) is 11.1 Å². The van der Waals surface area contributed by atoms with Crippen molar-refractivity contribution in [1.29, 1.82) is 0 Å². The minimum atomic E-state index is -1.06. The maximum atomic E-state index is 12.2. The van der Waals surface area contributed by atoms with Crippen LogP contribution in [0.2, 0.25) is 0 Å². The van der Waals surface area contributed by atoms with Crippen LogP contribution in [0, 0.1) is 6.92 Å². The van der Waals surface area contributed by atoms with Crippen LogP contribution in [0.1, 0.15) is 33.2 Å². The Labute approximate surface area is 123 Å². The summed E-state index contributed by atoms with van der Waals surface area (Å²) in [7, 11) is 0. The number of aromatic nitrogens is 3. The van der Waals surface area contributed by atoms with E-state index < -0.39 is 5.97 Å². The van der Waals surface area contributed by atoms with Crippen molar-refractivity contribution in [3.05, 3.63) is 50.3 Å². The summed E-state index contributed by atoms with van der Waals surface area (Å²) >= 11 is 1.49. The van der Waals surface area contributed by atoms with E-state index in [9.17, 15) is 14.7 Å². The highest BCUT2D eigenvalue weighted by Gasteiger charge is 2.21. The Morgan fingerprint density at radius 1 is 1.48 bits per heavy atom. The number of aromatic carboxylic acids is 1. The van der Waals surface area contributed by atoms with E-state index in [0.29, 0.717) is 11.0 Å². The zero-order chi connectivity index (χ0) is 15.1. The summed E-state index contributed by atoms with van der Waals surface area (Å²) in [6.45, 7) is 3.78. The molecule has 0 fully saturated rings. The highest BCUT2D eigenvalue weighted by atomic mass is 32.1. The van der Waals surface area contributed by atoms with E-state index in [1.54, 1.807) is 18.3 Å². The van der Waals surface area contributed by atoms with Gasteiger partial charge in [-0.05, 0) is 26.0 Å². The maximum absolute atomic E-state index is 12.2. The molecule has 21 heavy (non-hydrogen) atoms. The van der Waals surface area contributed by atoms with Gasteiger partial charge in [-0.15, -0.1) is 11.3 Å². The zero-order valence-electron chi connectivity index (χ0n) is 11.5. The minimum Gasteiger partial charge on any atom is -0.478 e. The van der Waals surface area contributed by atoms with Crippen molar-refractivity contribution in [3.8, 4) is 0 Å². The van der Waals surface area contributed by atoms with Gasteiger partial charge in [0.2, 0.25) is 0 Å². The summed E-state index contributed by atoms with van der Waals surface area (Å²) < 4.78 is 1.46. The van der Waals surface area contributed by atoms with Gasteiger partial charge in [-0.3, -0.25) is 4.57 Å². The lowest BCUT2D eigenvalue weighted by molar-refractivity contribution is 0.0698. The normalized spacial score (nSPS) is 12.7. The van der Waals surface area contributed by atoms with E-state index in [2.05, 4.69) is 9.97 Å². The van der Waals surface area contributed by atoms with Gasteiger partial charge >= 0.3 is 11.7 Å². The van der Waals surface area contributed by atoms with Crippen LogP contribution in [0.15, 0.2) is 29.2 Å². The molecule has 0 saturated carbocycles. The zero-order valence-corrected chi connectivity index (χ0v) is 12.3. The number of hydrogen-bond donors (Lipinski definition) is 2. The SMILES string of the molecule is Cc1cnc(C(C)n2c(=O)[nH]c3cccc(C(=O)O)c32)s1. The number of carboxylic acids is 1. The Morgan fingerprint density at radius 3 is 2.86 bits per heavy atom. The molecule has 0 aliphatic carbocycles. The fourth-order valence-electron chi connectivity index (χ4n) is 2.40. The van der Waals surface area contributed by atoms with Crippen molar-refractivity contribution in [1.82, 2.24) is 14.5 Å². The molecule has 108 valence electrons. The first-order valence-electron chi connectivity index (χ1n) is 6.38. The number of carbonyl (C=O) groups is 1. The molecule has 0 bridgehead atoms. The Hall–Kier alpha value is -2.41. The molecule has 1 atom stereocenters. The molecule has 0 saturated heterocycles. The summed E-state index contributed by atoms with van der Waals surface area (Å²) in [5.41, 5.74) is 0.681. The second-order valence-electron chi connectivity index (χ2n) is 4.79. The quantitative estimate of drug-likeness (QED) is 0.777. The second-order valence-corrected chi connectivity index (χ2v) is 6.06. The Kier molecular flexibility index (Phi) is 3.13. The lowest BCUT2D eigenvalue weighted by Gasteiger charge is -2.11. The number of hydrogen-bond acceptors (Lipinski definition) is 4. The molecule has 7 heteroatoms. The molecule has 0 aliphatic heterocycles. The van der Waals surface area contributed by atoms with Crippen molar-refractivity contribution in [2.75, 3.05) is 0 Å². The third kappa shape index (κ3) is 2.15. The number of benzene rings is 1. The number of rotatable bonds is 3. The number of nitrogens with zero attached hydrogens (tertiary/aromatic N) is 2. The van der Waals surface area contributed by atoms with Crippen LogP contribution in [0.5, 0.6) is 0 Å². The summed E-state index contributed by atoms with van der Waals surface area (Å²) in [6, 6.07) is 4.48. The molecule has 2 N–H and O–H groups in total. The van der Waals surface area contributed by atoms with Gasteiger partial charge in [-0.1, -0.05) is 6.07 Å². The van der Waals surface area contributed by atoms with Crippen molar-refractivity contribution in [2.24, 2.45) is 0 Å². The monoisotopic (exact) mass is 303 g/mol. The van der Waals surface area contributed by atoms with Crippen molar-refractivity contribution in [3.63, 3.8) is 0 Å². The second kappa shape index (κ2) is 4.85. The smallest absolute Gasteiger partial charge is 0.337 e. The van der Waals surface area contributed by atoms with E-state index in [0.717, 1.165) is 9.88 Å². The van der Waals surface area contributed by atoms with Crippen LogP contribution in [0.4, 0.5) is 0 Å². The van der Waals surface area contributed by atoms with E-state index in [1.165, 1.54) is 22.0 Å². The Bertz CT molecular complexity index is 890. The minimum absolute atomic E-state index is 0.103. The number of aryl methyl sites for hydroxylation is 1. The Morgan fingerprint density at radius 2 is 2.24 bits per heavy atom. The summed E-state index contributed by atoms with van der Waals surface area (Å²) in [5.74, 6) is -1.06. The first kappa shape index (κ1) is 13.6. The Balaban J connectivity index is 2.29. The van der Waals surface area contributed by atoms with Crippen LogP contribution in [-0.2, 0) is 0 Å². The molecule has 2 aromatic heterocycles. The lowest BCUT2D eigenvalue weighted by Crippen LogP contribution is -2.22. The van der Waals surface area contributed by atoms with Crippen molar-refractivity contribution < 1.29 is 9.90 Å². The van der Waals surface area contributed by atoms with Gasteiger partial charge < -0.3 is 10.1 Å². The molecule has 0 aliphatic rings. The van der Waals surface area contributed by atoms with Gasteiger partial charge in [0.15, 0.2) is 0 Å². The van der Waals surface area contributed by atoms with E-state index in [-0.39, 0.29) is 17.3 Å². The number of nitrogens with one attached hydrogen (secondary N) is 1. The fourth-order valence-corrected chi connectivity index (χ4v) is 3.22. The number of thiazole rings is 1. The van der Waals surface area contributed by atoms with Gasteiger partial charge in [0.25, 0.3) is 0 Å². The van der Waals surface area contributed by atoms with Crippen LogP contribution in [-0.4, -0.2) is 25.6 Å². The lowest BCUT2D eigenvalue weighted by atomic mass is 10.1. The molecule has 3 rings (SSSR count). The van der Waals surface area contributed by atoms with E-state index in [4.69, 9.17) is 0 Å². The van der Waals surface area contributed by atoms with E-state index in [1.807, 2.05) is 13.8 Å². The molecule has 6 nitrogen and oxygen atoms in total. The summed E-state index contributed by atoms with van der Waals surface area (Å²) in [4.78, 5) is 31.7. The summed E-state index contributed by atoms with van der Waals surface area (Å²) in [6.07, 6.45) is 1.74. The first-order chi connectivity index (χ1) is 9.99. The predicted octanol–water partition coefficient (Wildman–Crippen LogP) is 2.40. The standard InChI is InChI=1S/C14H13N3O3S/c1-7-6-15-12(21-7)8(2)17-11-9(13(18)19)4-3-5-10(11)16-14(17)20/h3-6,8H,1-2H3,(H,16,20)(H,18,19). The average Bonchev–Trinajstić information content (AvgIpc) is 3.00. The van der Waals surface area contributed by atoms with Crippen LogP contribution >= 0.6 is 11.3 Å².